The van der Waals surface area contributed by atoms with Crippen LogP contribution < -0.4 is 10.1 Å². The van der Waals surface area contributed by atoms with Crippen LogP contribution >= 0.6 is 11.3 Å². The first-order valence-electron chi connectivity index (χ1n) is 10.7. The Morgan fingerprint density at radius 3 is 2.68 bits per heavy atom. The van der Waals surface area contributed by atoms with Crippen molar-refractivity contribution >= 4 is 23.4 Å². The van der Waals surface area contributed by atoms with E-state index in [0.717, 1.165) is 55.4 Å². The molecule has 1 aliphatic rings. The molecule has 1 fully saturated rings. The highest BCUT2D eigenvalue weighted by Crippen LogP contribution is 2.37. The molecule has 0 aromatic carbocycles. The normalized spacial score (nSPS) is 13.9. The summed E-state index contributed by atoms with van der Waals surface area (Å²) in [5.41, 5.74) is 0.888. The highest BCUT2D eigenvalue weighted by atomic mass is 32.1. The highest BCUT2D eigenvalue weighted by Gasteiger charge is 2.25. The average Bonchev–Trinajstić information content (AvgIpc) is 3.21. The Kier molecular flexibility index (Phi) is 8.85. The van der Waals surface area contributed by atoms with E-state index in [0.29, 0.717) is 17.8 Å². The van der Waals surface area contributed by atoms with Gasteiger partial charge in [0.05, 0.1) is 6.07 Å². The summed E-state index contributed by atoms with van der Waals surface area (Å²) in [6.07, 6.45) is 10.6. The van der Waals surface area contributed by atoms with Gasteiger partial charge in [-0.3, -0.25) is 4.98 Å². The number of nitrogens with zero attached hydrogens (tertiary/aromatic N) is 2. The van der Waals surface area contributed by atoms with Crippen molar-refractivity contribution in [1.82, 2.24) is 10.3 Å². The molecule has 1 amide bonds. The second-order valence-corrected chi connectivity index (χ2v) is 8.54. The minimum atomic E-state index is -0.605. The van der Waals surface area contributed by atoms with Gasteiger partial charge in [-0.25, -0.2) is 9.59 Å². The van der Waals surface area contributed by atoms with Gasteiger partial charge >= 0.3 is 12.1 Å². The van der Waals surface area contributed by atoms with E-state index in [9.17, 15) is 9.59 Å². The maximum atomic E-state index is 12.9. The Balaban J connectivity index is 1.66. The third-order valence-electron chi connectivity index (χ3n) is 5.11. The lowest BCUT2D eigenvalue weighted by Gasteiger charge is -2.21. The van der Waals surface area contributed by atoms with E-state index in [1.54, 1.807) is 18.5 Å². The Hall–Kier alpha value is -2.92. The van der Waals surface area contributed by atoms with Crippen LogP contribution in [0.4, 0.5) is 4.79 Å². The number of hydrogen-bond donors (Lipinski definition) is 1. The van der Waals surface area contributed by atoms with Crippen LogP contribution in [-0.4, -0.2) is 29.7 Å². The van der Waals surface area contributed by atoms with Crippen LogP contribution in [0.5, 0.6) is 5.75 Å². The average molecular weight is 442 g/mol. The van der Waals surface area contributed by atoms with E-state index in [1.807, 2.05) is 12.1 Å². The van der Waals surface area contributed by atoms with E-state index in [1.165, 1.54) is 17.8 Å². The number of rotatable bonds is 9. The van der Waals surface area contributed by atoms with Crippen molar-refractivity contribution < 1.29 is 19.1 Å². The zero-order chi connectivity index (χ0) is 21.9. The number of carbonyl (C=O) groups excluding carboxylic acids is 2. The number of aromatic nitrogens is 1. The fourth-order valence-electron chi connectivity index (χ4n) is 3.47. The first kappa shape index (κ1) is 22.8. The summed E-state index contributed by atoms with van der Waals surface area (Å²) in [5, 5.41) is 11.3. The monoisotopic (exact) mass is 441 g/mol. The van der Waals surface area contributed by atoms with E-state index in [-0.39, 0.29) is 11.9 Å². The van der Waals surface area contributed by atoms with Crippen molar-refractivity contribution in [2.75, 3.05) is 6.54 Å². The van der Waals surface area contributed by atoms with Crippen LogP contribution in [0, 0.1) is 11.3 Å². The first-order chi connectivity index (χ1) is 15.2. The molecule has 0 radical (unpaired) electrons. The van der Waals surface area contributed by atoms with Gasteiger partial charge in [-0.05, 0) is 56.2 Å². The largest absolute Gasteiger partial charge is 0.458 e. The third-order valence-corrected chi connectivity index (χ3v) is 6.26. The molecule has 1 aliphatic carbocycles. The number of amides is 1. The van der Waals surface area contributed by atoms with Gasteiger partial charge in [-0.1, -0.05) is 12.8 Å². The molecule has 2 aromatic heterocycles. The number of unbranched alkanes of at least 4 members (excludes halogenated alkanes) is 3. The summed E-state index contributed by atoms with van der Waals surface area (Å²) < 4.78 is 11.2. The number of ether oxygens (including phenoxy) is 2. The molecule has 3 rings (SSSR count). The van der Waals surface area contributed by atoms with Gasteiger partial charge in [0, 0.05) is 36.3 Å². The van der Waals surface area contributed by atoms with Gasteiger partial charge in [0.1, 0.15) is 6.10 Å². The number of esters is 1. The lowest BCUT2D eigenvalue weighted by atomic mass is 9.98. The minimum absolute atomic E-state index is 0.0807. The van der Waals surface area contributed by atoms with E-state index >= 15 is 0 Å². The fourth-order valence-corrected chi connectivity index (χ4v) is 4.44. The molecule has 8 heteroatoms. The highest BCUT2D eigenvalue weighted by molar-refractivity contribution is 7.17. The number of nitrogens with one attached hydrogen (secondary N) is 1. The predicted molar refractivity (Wildman–Crippen MR) is 118 cm³/mol. The lowest BCUT2D eigenvalue weighted by molar-refractivity contribution is 0.0214. The number of carbonyl (C=O) groups is 2. The number of thiophene rings is 1. The maximum absolute atomic E-state index is 12.9. The van der Waals surface area contributed by atoms with Crippen molar-refractivity contribution in [1.29, 1.82) is 5.26 Å². The molecule has 31 heavy (non-hydrogen) atoms. The van der Waals surface area contributed by atoms with Crippen molar-refractivity contribution in [3.05, 3.63) is 35.5 Å². The Morgan fingerprint density at radius 1 is 1.16 bits per heavy atom. The molecule has 7 nitrogen and oxygen atoms in total. The van der Waals surface area contributed by atoms with Crippen molar-refractivity contribution in [2.24, 2.45) is 0 Å². The number of pyridine rings is 1. The molecule has 0 atom stereocenters. The van der Waals surface area contributed by atoms with Crippen molar-refractivity contribution in [3.63, 3.8) is 0 Å². The zero-order valence-electron chi connectivity index (χ0n) is 17.5. The molecule has 1 N–H and O–H groups in total. The zero-order valence-corrected chi connectivity index (χ0v) is 18.3. The van der Waals surface area contributed by atoms with Gasteiger partial charge in [-0.2, -0.15) is 5.26 Å². The lowest BCUT2D eigenvalue weighted by Crippen LogP contribution is -2.28. The summed E-state index contributed by atoms with van der Waals surface area (Å²) in [4.78, 5) is 30.2. The molecular weight excluding hydrogens is 414 g/mol. The minimum Gasteiger partial charge on any atom is -0.458 e. The molecule has 0 spiro atoms. The van der Waals surface area contributed by atoms with Crippen molar-refractivity contribution in [3.8, 4) is 22.3 Å². The van der Waals surface area contributed by atoms with E-state index < -0.39 is 12.1 Å². The van der Waals surface area contributed by atoms with Crippen LogP contribution in [-0.2, 0) is 4.74 Å². The fraction of sp³-hybridized carbons (Fsp3) is 0.478. The van der Waals surface area contributed by atoms with Crippen LogP contribution in [0.15, 0.2) is 30.6 Å². The summed E-state index contributed by atoms with van der Waals surface area (Å²) >= 11 is 1.25. The molecular formula is C23H27N3O4S. The van der Waals surface area contributed by atoms with Crippen LogP contribution in [0.3, 0.4) is 0 Å². The second kappa shape index (κ2) is 12.1. The molecule has 0 saturated heterocycles. The molecule has 0 aliphatic heterocycles. The third kappa shape index (κ3) is 7.07. The maximum Gasteiger partial charge on any atom is 0.412 e. The van der Waals surface area contributed by atoms with Gasteiger partial charge in [0.2, 0.25) is 0 Å². The topological polar surface area (TPSA) is 101 Å². The second-order valence-electron chi connectivity index (χ2n) is 7.49. The Bertz CT molecular complexity index is 901. The van der Waals surface area contributed by atoms with Crippen LogP contribution in [0.25, 0.3) is 10.4 Å². The molecule has 0 unspecified atom stereocenters. The molecule has 164 valence electrons. The Morgan fingerprint density at radius 2 is 1.94 bits per heavy atom. The summed E-state index contributed by atoms with van der Waals surface area (Å²) in [7, 11) is 0. The van der Waals surface area contributed by atoms with Crippen LogP contribution in [0.1, 0.15) is 67.5 Å². The predicted octanol–water partition coefficient (Wildman–Crippen LogP) is 5.47. The molecule has 1 saturated carbocycles. The standard InChI is InChI=1S/C23H27N3O4S/c24-12-6-1-2-7-13-26-23(28)30-19-16-20(17-10-14-25-15-11-17)31-21(19)22(27)29-18-8-4-3-5-9-18/h10-11,14-16,18H,1-9,13H2,(H,26,28). The van der Waals surface area contributed by atoms with Crippen LogP contribution in [0.2, 0.25) is 0 Å². The van der Waals surface area contributed by atoms with E-state index in [2.05, 4.69) is 16.4 Å². The molecule has 0 bridgehead atoms. The van der Waals surface area contributed by atoms with Crippen molar-refractivity contribution in [2.45, 2.75) is 63.9 Å². The van der Waals surface area contributed by atoms with Gasteiger partial charge in [-0.15, -0.1) is 11.3 Å². The van der Waals surface area contributed by atoms with Gasteiger partial charge < -0.3 is 14.8 Å². The SMILES string of the molecule is N#CCCCCCNC(=O)Oc1cc(-c2ccncc2)sc1C(=O)OC1CCCCC1. The number of hydrogen-bond acceptors (Lipinski definition) is 7. The molecule has 2 aromatic rings. The quantitative estimate of drug-likeness (QED) is 0.409. The summed E-state index contributed by atoms with van der Waals surface area (Å²) in [6.45, 7) is 0.452. The number of nitriles is 1. The smallest absolute Gasteiger partial charge is 0.412 e. The first-order valence-corrected chi connectivity index (χ1v) is 11.6. The van der Waals surface area contributed by atoms with Gasteiger partial charge in [0.25, 0.3) is 0 Å². The summed E-state index contributed by atoms with van der Waals surface area (Å²) in [6, 6.07) is 7.48. The Labute approximate surface area is 186 Å². The van der Waals surface area contributed by atoms with E-state index in [4.69, 9.17) is 14.7 Å². The molecule has 2 heterocycles. The van der Waals surface area contributed by atoms with Gasteiger partial charge in [0.15, 0.2) is 10.6 Å². The summed E-state index contributed by atoms with van der Waals surface area (Å²) in [5.74, 6) is -0.240.